The molecule has 172 valence electrons. The van der Waals surface area contributed by atoms with Crippen molar-refractivity contribution in [2.75, 3.05) is 31.1 Å². The van der Waals surface area contributed by atoms with E-state index in [0.29, 0.717) is 35.6 Å². The number of carbonyl (C=O) groups is 1. The van der Waals surface area contributed by atoms with Crippen LogP contribution in [-0.4, -0.2) is 51.9 Å². The summed E-state index contributed by atoms with van der Waals surface area (Å²) in [5.74, 6) is -0.00945. The highest BCUT2D eigenvalue weighted by atomic mass is 32.1. The average molecular weight is 481 g/mol. The molecule has 0 saturated carbocycles. The predicted octanol–water partition coefficient (Wildman–Crippen LogP) is 3.97. The van der Waals surface area contributed by atoms with Crippen molar-refractivity contribution < 1.29 is 4.79 Å². The molecule has 0 radical (unpaired) electrons. The van der Waals surface area contributed by atoms with Gasteiger partial charge in [0.2, 0.25) is 0 Å². The summed E-state index contributed by atoms with van der Waals surface area (Å²) >= 11 is 1.49. The number of benzene rings is 2. The zero-order valence-electron chi connectivity index (χ0n) is 18.6. The highest BCUT2D eigenvalue weighted by Crippen LogP contribution is 2.25. The molecule has 1 fully saturated rings. The van der Waals surface area contributed by atoms with Crippen LogP contribution in [0.4, 0.5) is 5.69 Å². The highest BCUT2D eigenvalue weighted by Gasteiger charge is 2.23. The van der Waals surface area contributed by atoms with Gasteiger partial charge in [-0.3, -0.25) is 9.59 Å². The van der Waals surface area contributed by atoms with Gasteiger partial charge in [-0.1, -0.05) is 0 Å². The van der Waals surface area contributed by atoms with Crippen molar-refractivity contribution in [2.24, 2.45) is 0 Å². The number of anilines is 1. The molecule has 0 spiro atoms. The Morgan fingerprint density at radius 2 is 1.77 bits per heavy atom. The zero-order chi connectivity index (χ0) is 23.9. The Morgan fingerprint density at radius 3 is 2.54 bits per heavy atom. The molecule has 0 aliphatic carbocycles. The van der Waals surface area contributed by atoms with E-state index in [1.807, 2.05) is 64.2 Å². The van der Waals surface area contributed by atoms with Crippen LogP contribution in [-0.2, 0) is 0 Å². The van der Waals surface area contributed by atoms with Gasteiger partial charge in [-0.15, -0.1) is 11.3 Å². The number of thiophene rings is 1. The molecule has 2 N–H and O–H groups in total. The van der Waals surface area contributed by atoms with E-state index in [0.717, 1.165) is 40.7 Å². The Labute approximate surface area is 204 Å². The number of nitriles is 1. The fourth-order valence-corrected chi connectivity index (χ4v) is 5.19. The molecule has 5 aromatic rings. The standard InChI is InChI=1S/C26H20N6O2S/c27-13-16-1-4-19(5-2-16)31-7-9-32(10-8-31)26(34)17-3-6-20-18(11-17)12-21(28-20)24-25(33)30-23-15-35-14-22(23)29-24/h1-6,11-12,14-15,28H,7-10H2,(H,30,33). The number of amides is 1. The first-order valence-corrected chi connectivity index (χ1v) is 12.2. The molecule has 8 nitrogen and oxygen atoms in total. The van der Waals surface area contributed by atoms with Crippen molar-refractivity contribution in [3.05, 3.63) is 80.8 Å². The van der Waals surface area contributed by atoms with Gasteiger partial charge in [0.1, 0.15) is 0 Å². The number of piperazine rings is 1. The number of nitrogens with zero attached hydrogens (tertiary/aromatic N) is 4. The predicted molar refractivity (Wildman–Crippen MR) is 137 cm³/mol. The first-order chi connectivity index (χ1) is 17.1. The third-order valence-corrected chi connectivity index (χ3v) is 7.12. The molecule has 4 heterocycles. The fourth-order valence-electron chi connectivity index (χ4n) is 4.50. The van der Waals surface area contributed by atoms with Crippen LogP contribution in [0.25, 0.3) is 33.3 Å². The minimum atomic E-state index is -0.251. The van der Waals surface area contributed by atoms with E-state index < -0.39 is 0 Å². The first kappa shape index (κ1) is 21.1. The first-order valence-electron chi connectivity index (χ1n) is 11.2. The van der Waals surface area contributed by atoms with Gasteiger partial charge < -0.3 is 19.8 Å². The Kier molecular flexibility index (Phi) is 5.08. The Balaban J connectivity index is 1.20. The van der Waals surface area contributed by atoms with Crippen molar-refractivity contribution in [3.8, 4) is 17.5 Å². The van der Waals surface area contributed by atoms with E-state index in [2.05, 4.69) is 25.9 Å². The molecule has 35 heavy (non-hydrogen) atoms. The smallest absolute Gasteiger partial charge is 0.276 e. The summed E-state index contributed by atoms with van der Waals surface area (Å²) in [7, 11) is 0. The van der Waals surface area contributed by atoms with Gasteiger partial charge in [0.05, 0.1) is 28.4 Å². The molecule has 0 unspecified atom stereocenters. The lowest BCUT2D eigenvalue weighted by atomic mass is 10.1. The number of carbonyl (C=O) groups excluding carboxylic acids is 1. The number of fused-ring (bicyclic) bond motifs is 2. The summed E-state index contributed by atoms with van der Waals surface area (Å²) in [6, 6.07) is 17.1. The molecule has 1 amide bonds. The van der Waals surface area contributed by atoms with Gasteiger partial charge in [0.15, 0.2) is 5.69 Å². The molecule has 6 rings (SSSR count). The minimum Gasteiger partial charge on any atom is -0.368 e. The number of H-pyrrole nitrogens is 2. The lowest BCUT2D eigenvalue weighted by molar-refractivity contribution is 0.0747. The fraction of sp³-hybridized carbons (Fsp3) is 0.154. The van der Waals surface area contributed by atoms with E-state index in [-0.39, 0.29) is 11.5 Å². The third kappa shape index (κ3) is 3.84. The average Bonchev–Trinajstić information content (AvgIpc) is 3.53. The summed E-state index contributed by atoms with van der Waals surface area (Å²) in [5.41, 5.74) is 5.33. The third-order valence-electron chi connectivity index (χ3n) is 6.39. The summed E-state index contributed by atoms with van der Waals surface area (Å²) in [5, 5.41) is 13.6. The van der Waals surface area contributed by atoms with Gasteiger partial charge >= 0.3 is 0 Å². The van der Waals surface area contributed by atoms with Gasteiger partial charge in [-0.2, -0.15) is 5.26 Å². The number of hydrogen-bond acceptors (Lipinski definition) is 6. The Bertz CT molecular complexity index is 1670. The molecule has 3 aromatic heterocycles. The molecule has 9 heteroatoms. The molecular formula is C26H20N6O2S. The SMILES string of the molecule is N#Cc1ccc(N2CCN(C(=O)c3ccc4[nH]c(-c5nc6cscc6[nH]c5=O)cc4c3)CC2)cc1. The van der Waals surface area contributed by atoms with Crippen molar-refractivity contribution in [1.29, 1.82) is 5.26 Å². The quantitative estimate of drug-likeness (QED) is 0.406. The molecule has 1 aliphatic heterocycles. The van der Waals surface area contributed by atoms with E-state index in [9.17, 15) is 9.59 Å². The Hall–Kier alpha value is -4.42. The summed E-state index contributed by atoms with van der Waals surface area (Å²) in [6.07, 6.45) is 0. The normalized spacial score (nSPS) is 13.9. The summed E-state index contributed by atoms with van der Waals surface area (Å²) < 4.78 is 0. The number of aromatic amines is 2. The molecule has 1 aliphatic rings. The van der Waals surface area contributed by atoms with Crippen LogP contribution in [0, 0.1) is 11.3 Å². The van der Waals surface area contributed by atoms with Gasteiger partial charge in [0.25, 0.3) is 11.5 Å². The Morgan fingerprint density at radius 1 is 0.971 bits per heavy atom. The number of rotatable bonds is 3. The molecule has 0 bridgehead atoms. The van der Waals surface area contributed by atoms with Crippen molar-refractivity contribution in [3.63, 3.8) is 0 Å². The van der Waals surface area contributed by atoms with E-state index >= 15 is 0 Å². The number of nitrogens with one attached hydrogen (secondary N) is 2. The van der Waals surface area contributed by atoms with E-state index in [1.165, 1.54) is 11.3 Å². The van der Waals surface area contributed by atoms with E-state index in [4.69, 9.17) is 5.26 Å². The van der Waals surface area contributed by atoms with E-state index in [1.54, 1.807) is 0 Å². The number of aromatic nitrogens is 3. The van der Waals surface area contributed by atoms with Crippen LogP contribution in [0.2, 0.25) is 0 Å². The second-order valence-electron chi connectivity index (χ2n) is 8.51. The van der Waals surface area contributed by atoms with Crippen molar-refractivity contribution in [1.82, 2.24) is 19.9 Å². The second kappa shape index (κ2) is 8.42. The lowest BCUT2D eigenvalue weighted by Crippen LogP contribution is -2.48. The maximum Gasteiger partial charge on any atom is 0.276 e. The van der Waals surface area contributed by atoms with Crippen molar-refractivity contribution >= 4 is 44.9 Å². The second-order valence-corrected chi connectivity index (χ2v) is 9.25. The molecular weight excluding hydrogens is 460 g/mol. The molecule has 1 saturated heterocycles. The van der Waals surface area contributed by atoms with Gasteiger partial charge in [0, 0.05) is 59.1 Å². The van der Waals surface area contributed by atoms with Crippen LogP contribution in [0.3, 0.4) is 0 Å². The van der Waals surface area contributed by atoms with Crippen LogP contribution >= 0.6 is 11.3 Å². The van der Waals surface area contributed by atoms with Gasteiger partial charge in [-0.25, -0.2) is 4.98 Å². The number of hydrogen-bond donors (Lipinski definition) is 2. The maximum absolute atomic E-state index is 13.2. The maximum atomic E-state index is 13.2. The topological polar surface area (TPSA) is 109 Å². The van der Waals surface area contributed by atoms with Crippen molar-refractivity contribution in [2.45, 2.75) is 0 Å². The van der Waals surface area contributed by atoms with Crippen LogP contribution in [0.5, 0.6) is 0 Å². The van der Waals surface area contributed by atoms with Crippen LogP contribution < -0.4 is 10.5 Å². The van der Waals surface area contributed by atoms with Crippen LogP contribution in [0.15, 0.2) is 64.1 Å². The van der Waals surface area contributed by atoms with Gasteiger partial charge in [-0.05, 0) is 48.5 Å². The lowest BCUT2D eigenvalue weighted by Gasteiger charge is -2.36. The largest absolute Gasteiger partial charge is 0.368 e. The monoisotopic (exact) mass is 480 g/mol. The molecule has 2 aromatic carbocycles. The summed E-state index contributed by atoms with van der Waals surface area (Å²) in [4.78, 5) is 40.5. The highest BCUT2D eigenvalue weighted by molar-refractivity contribution is 7.09. The molecule has 0 atom stereocenters. The summed E-state index contributed by atoms with van der Waals surface area (Å²) in [6.45, 7) is 2.70. The zero-order valence-corrected chi connectivity index (χ0v) is 19.4. The van der Waals surface area contributed by atoms with Crippen LogP contribution in [0.1, 0.15) is 15.9 Å². The minimum absolute atomic E-state index is 0.00945.